The van der Waals surface area contributed by atoms with Crippen LogP contribution in [-0.4, -0.2) is 54.6 Å². The molecule has 10 heteroatoms. The normalized spacial score (nSPS) is 17.9. The molecule has 2 aliphatic heterocycles. The van der Waals surface area contributed by atoms with Crippen LogP contribution in [0.15, 0.2) is 42.5 Å². The van der Waals surface area contributed by atoms with Crippen LogP contribution in [0.2, 0.25) is 0 Å². The number of unbranched alkanes of at least 4 members (excludes halogenated alkanes) is 4. The van der Waals surface area contributed by atoms with E-state index in [0.717, 1.165) is 54.5 Å². The van der Waals surface area contributed by atoms with Crippen molar-refractivity contribution in [1.29, 1.82) is 0 Å². The largest absolute Gasteiger partial charge is 0.463 e. The minimum absolute atomic E-state index is 0.0677. The smallest absolute Gasteiger partial charge is 0.410 e. The van der Waals surface area contributed by atoms with Crippen LogP contribution in [0.5, 0.6) is 5.75 Å². The highest BCUT2D eigenvalue weighted by atomic mass is 16.7. The number of carbonyl (C=O) groups is 1. The average molecular weight is 543 g/mol. The lowest BCUT2D eigenvalue weighted by atomic mass is 10.0. The molecule has 1 saturated heterocycles. The number of amides is 1. The summed E-state index contributed by atoms with van der Waals surface area (Å²) in [4.78, 5) is 24.6. The second-order valence-electron chi connectivity index (χ2n) is 10.3. The zero-order valence-electron chi connectivity index (χ0n) is 22.8. The number of benzene rings is 2. The average Bonchev–Trinajstić information content (AvgIpc) is 3.28. The fraction of sp³-hybridized carbons (Fsp3) is 0.552. The number of nitro benzene ring substituents is 1. The van der Waals surface area contributed by atoms with Gasteiger partial charge in [-0.1, -0.05) is 37.5 Å². The molecular formula is C29H38N2O8. The highest BCUT2D eigenvalue weighted by Gasteiger charge is 2.33. The van der Waals surface area contributed by atoms with Crippen LogP contribution in [0.1, 0.15) is 68.7 Å². The van der Waals surface area contributed by atoms with Crippen molar-refractivity contribution in [2.75, 3.05) is 32.9 Å². The number of nitrogens with zero attached hydrogens (tertiary/aromatic N) is 2. The van der Waals surface area contributed by atoms with E-state index in [9.17, 15) is 14.9 Å². The summed E-state index contributed by atoms with van der Waals surface area (Å²) < 4.78 is 28.4. The van der Waals surface area contributed by atoms with Crippen LogP contribution in [0, 0.1) is 10.1 Å². The maximum atomic E-state index is 12.4. The predicted molar refractivity (Wildman–Crippen MR) is 143 cm³/mol. The molecule has 212 valence electrons. The highest BCUT2D eigenvalue weighted by molar-refractivity contribution is 5.70. The van der Waals surface area contributed by atoms with Gasteiger partial charge in [0.2, 0.25) is 5.79 Å². The van der Waals surface area contributed by atoms with Crippen molar-refractivity contribution in [3.63, 3.8) is 0 Å². The molecule has 1 amide bonds. The monoisotopic (exact) mass is 542 g/mol. The van der Waals surface area contributed by atoms with E-state index < -0.39 is 10.7 Å². The van der Waals surface area contributed by atoms with Crippen molar-refractivity contribution in [3.05, 3.63) is 69.3 Å². The Balaban J connectivity index is 1.02. The lowest BCUT2D eigenvalue weighted by Gasteiger charge is -2.32. The van der Waals surface area contributed by atoms with E-state index in [0.29, 0.717) is 46.1 Å². The maximum absolute atomic E-state index is 12.4. The molecule has 0 unspecified atom stereocenters. The van der Waals surface area contributed by atoms with Gasteiger partial charge in [-0.15, -0.1) is 0 Å². The lowest BCUT2D eigenvalue weighted by molar-refractivity contribution is -0.384. The first-order valence-electron chi connectivity index (χ1n) is 13.6. The number of rotatable bonds is 15. The zero-order chi connectivity index (χ0) is 27.7. The molecule has 39 heavy (non-hydrogen) atoms. The summed E-state index contributed by atoms with van der Waals surface area (Å²) in [6.45, 7) is 7.44. The molecule has 0 spiro atoms. The molecule has 0 bridgehead atoms. The molecule has 10 nitrogen and oxygen atoms in total. The molecule has 0 saturated carbocycles. The number of cyclic esters (lactones) is 1. The minimum Gasteiger partial charge on any atom is -0.463 e. The number of ether oxygens (including phenoxy) is 5. The Morgan fingerprint density at radius 1 is 1.03 bits per heavy atom. The number of carbonyl (C=O) groups excluding carboxylic acids is 1. The van der Waals surface area contributed by atoms with E-state index in [-0.39, 0.29) is 17.9 Å². The van der Waals surface area contributed by atoms with Crippen LogP contribution in [-0.2, 0) is 32.2 Å². The van der Waals surface area contributed by atoms with Gasteiger partial charge in [-0.05, 0) is 36.1 Å². The third-order valence-electron chi connectivity index (χ3n) is 6.75. The Hall–Kier alpha value is -3.21. The molecular weight excluding hydrogens is 504 g/mol. The van der Waals surface area contributed by atoms with E-state index in [1.54, 1.807) is 17.0 Å². The SMILES string of the molecule is CC1(C)OCc2cc([C@@H]3CN(CCCCCCCOCCOCc4cccc([N+](=O)[O-])c4)C(=O)O3)ccc2O1. The van der Waals surface area contributed by atoms with Gasteiger partial charge in [0, 0.05) is 44.7 Å². The van der Waals surface area contributed by atoms with Gasteiger partial charge >= 0.3 is 6.09 Å². The molecule has 0 aromatic heterocycles. The van der Waals surface area contributed by atoms with Crippen molar-refractivity contribution in [3.8, 4) is 5.75 Å². The third kappa shape index (κ3) is 8.64. The number of hydrogen-bond acceptors (Lipinski definition) is 8. The molecule has 1 fully saturated rings. The highest BCUT2D eigenvalue weighted by Crippen LogP contribution is 2.35. The van der Waals surface area contributed by atoms with Gasteiger partial charge in [-0.3, -0.25) is 10.1 Å². The van der Waals surface area contributed by atoms with Crippen LogP contribution >= 0.6 is 0 Å². The van der Waals surface area contributed by atoms with Gasteiger partial charge < -0.3 is 28.6 Å². The minimum atomic E-state index is -0.633. The quantitative estimate of drug-likeness (QED) is 0.155. The summed E-state index contributed by atoms with van der Waals surface area (Å²) in [5.41, 5.74) is 2.78. The molecule has 0 N–H and O–H groups in total. The van der Waals surface area contributed by atoms with E-state index in [1.807, 2.05) is 32.0 Å². The second-order valence-corrected chi connectivity index (χ2v) is 10.3. The van der Waals surface area contributed by atoms with Crippen LogP contribution in [0.3, 0.4) is 0 Å². The fourth-order valence-corrected chi connectivity index (χ4v) is 4.63. The number of hydrogen-bond donors (Lipinski definition) is 0. The second kappa shape index (κ2) is 13.7. The summed E-state index contributed by atoms with van der Waals surface area (Å²) >= 11 is 0. The summed E-state index contributed by atoms with van der Waals surface area (Å²) in [6.07, 6.45) is 4.58. The maximum Gasteiger partial charge on any atom is 0.410 e. The van der Waals surface area contributed by atoms with E-state index in [4.69, 9.17) is 23.7 Å². The third-order valence-corrected chi connectivity index (χ3v) is 6.75. The molecule has 0 radical (unpaired) electrons. The van der Waals surface area contributed by atoms with Crippen molar-refractivity contribution in [2.45, 2.75) is 71.1 Å². The molecule has 2 aromatic carbocycles. The van der Waals surface area contributed by atoms with Gasteiger partial charge in [-0.2, -0.15) is 0 Å². The Morgan fingerprint density at radius 3 is 2.67 bits per heavy atom. The van der Waals surface area contributed by atoms with Crippen LogP contribution in [0.25, 0.3) is 0 Å². The van der Waals surface area contributed by atoms with Crippen LogP contribution in [0.4, 0.5) is 10.5 Å². The van der Waals surface area contributed by atoms with E-state index in [1.165, 1.54) is 12.1 Å². The van der Waals surface area contributed by atoms with Gasteiger partial charge in [-0.25, -0.2) is 4.79 Å². The lowest BCUT2D eigenvalue weighted by Crippen LogP contribution is -2.35. The summed E-state index contributed by atoms with van der Waals surface area (Å²) in [5, 5.41) is 10.8. The van der Waals surface area contributed by atoms with Crippen molar-refractivity contribution in [2.24, 2.45) is 0 Å². The van der Waals surface area contributed by atoms with E-state index >= 15 is 0 Å². The zero-order valence-corrected chi connectivity index (χ0v) is 22.8. The van der Waals surface area contributed by atoms with Crippen molar-refractivity contribution >= 4 is 11.8 Å². The Kier molecular flexibility index (Phi) is 10.1. The topological polar surface area (TPSA) is 110 Å². The molecule has 0 aliphatic carbocycles. The molecule has 1 atom stereocenters. The summed E-state index contributed by atoms with van der Waals surface area (Å²) in [7, 11) is 0. The first-order valence-corrected chi connectivity index (χ1v) is 13.6. The molecule has 4 rings (SSSR count). The van der Waals surface area contributed by atoms with Gasteiger partial charge in [0.1, 0.15) is 11.9 Å². The molecule has 2 heterocycles. The van der Waals surface area contributed by atoms with Crippen molar-refractivity contribution in [1.82, 2.24) is 4.90 Å². The molecule has 2 aliphatic rings. The first kappa shape index (κ1) is 28.8. The standard InChI is InChI=1S/C29H38N2O8/c1-29(2)37-21-24-18-23(11-12-26(24)39-29)27-19-30(28(32)38-27)13-6-4-3-5-7-14-35-15-16-36-20-22-9-8-10-25(17-22)31(33)34/h8-12,17-18,27H,3-7,13-16,19-21H2,1-2H3/t27-/m0/s1. The number of non-ortho nitro benzene ring substituents is 1. The fourth-order valence-electron chi connectivity index (χ4n) is 4.63. The molecule has 2 aromatic rings. The van der Waals surface area contributed by atoms with Gasteiger partial charge in [0.25, 0.3) is 5.69 Å². The first-order chi connectivity index (χ1) is 18.8. The van der Waals surface area contributed by atoms with Gasteiger partial charge in [0.15, 0.2) is 0 Å². The number of nitro groups is 1. The predicted octanol–water partition coefficient (Wildman–Crippen LogP) is 5.92. The van der Waals surface area contributed by atoms with Crippen LogP contribution < -0.4 is 4.74 Å². The van der Waals surface area contributed by atoms with Crippen molar-refractivity contribution < 1.29 is 33.4 Å². The summed E-state index contributed by atoms with van der Waals surface area (Å²) in [5.74, 6) is 0.180. The summed E-state index contributed by atoms with van der Waals surface area (Å²) in [6, 6.07) is 12.4. The Morgan fingerprint density at radius 2 is 1.82 bits per heavy atom. The Bertz CT molecular complexity index is 1120. The van der Waals surface area contributed by atoms with E-state index in [2.05, 4.69) is 0 Å². The number of fused-ring (bicyclic) bond motifs is 1. The Labute approximate surface area is 229 Å². The van der Waals surface area contributed by atoms with Gasteiger partial charge in [0.05, 0.1) is 37.9 Å².